The Morgan fingerprint density at radius 3 is 2.64 bits per heavy atom. The summed E-state index contributed by atoms with van der Waals surface area (Å²) < 4.78 is 1.50. The van der Waals surface area contributed by atoms with Gasteiger partial charge in [0.05, 0.1) is 15.6 Å². The van der Waals surface area contributed by atoms with Crippen molar-refractivity contribution in [3.8, 4) is 0 Å². The molecule has 0 spiro atoms. The molecule has 33 heavy (non-hydrogen) atoms. The maximum Gasteiger partial charge on any atom is 0.283 e. The minimum absolute atomic E-state index is 0.0205. The molecule has 170 valence electrons. The summed E-state index contributed by atoms with van der Waals surface area (Å²) in [6.07, 6.45) is 3.27. The monoisotopic (exact) mass is 468 g/mol. The second-order valence-electron chi connectivity index (χ2n) is 6.82. The number of rotatable bonds is 10. The lowest BCUT2D eigenvalue weighted by Crippen LogP contribution is -2.24. The van der Waals surface area contributed by atoms with E-state index in [0.29, 0.717) is 5.69 Å². The van der Waals surface area contributed by atoms with Crippen molar-refractivity contribution in [1.29, 1.82) is 0 Å². The van der Waals surface area contributed by atoms with Crippen LogP contribution in [0.4, 0.5) is 11.4 Å². The number of aromatic nitrogens is 2. The van der Waals surface area contributed by atoms with Gasteiger partial charge in [0, 0.05) is 36.3 Å². The van der Waals surface area contributed by atoms with Crippen LogP contribution in [0.25, 0.3) is 0 Å². The minimum atomic E-state index is -0.771. The summed E-state index contributed by atoms with van der Waals surface area (Å²) in [4.78, 5) is 46.4. The molecule has 0 aliphatic rings. The number of carbonyl (C=O) groups is 3. The Balaban J connectivity index is 1.52. The quantitative estimate of drug-likeness (QED) is 0.233. The molecular formula is C21H20N6O5S. The third-order valence-electron chi connectivity index (χ3n) is 4.36. The van der Waals surface area contributed by atoms with Gasteiger partial charge in [0.2, 0.25) is 17.7 Å². The maximum absolute atomic E-state index is 12.2. The highest BCUT2D eigenvalue weighted by Gasteiger charge is 2.18. The van der Waals surface area contributed by atoms with Crippen molar-refractivity contribution in [2.75, 3.05) is 11.1 Å². The van der Waals surface area contributed by atoms with Gasteiger partial charge in [-0.1, -0.05) is 12.1 Å². The van der Waals surface area contributed by atoms with Crippen LogP contribution in [0.1, 0.15) is 15.9 Å². The van der Waals surface area contributed by atoms with Crippen LogP contribution in [0, 0.1) is 10.1 Å². The van der Waals surface area contributed by atoms with Gasteiger partial charge in [-0.25, -0.2) is 0 Å². The first-order valence-corrected chi connectivity index (χ1v) is 10.6. The molecule has 1 aromatic heterocycles. The number of primary amides is 1. The Labute approximate surface area is 192 Å². The number of amides is 3. The number of carbonyl (C=O) groups excluding carboxylic acids is 3. The number of anilines is 1. The van der Waals surface area contributed by atoms with Gasteiger partial charge >= 0.3 is 0 Å². The molecule has 0 saturated carbocycles. The van der Waals surface area contributed by atoms with Crippen LogP contribution in [0.2, 0.25) is 0 Å². The first-order valence-electron chi connectivity index (χ1n) is 9.66. The van der Waals surface area contributed by atoms with E-state index >= 15 is 0 Å². The van der Waals surface area contributed by atoms with Crippen molar-refractivity contribution in [1.82, 2.24) is 15.1 Å². The topological polar surface area (TPSA) is 162 Å². The second-order valence-corrected chi connectivity index (χ2v) is 7.84. The Bertz CT molecular complexity index is 1180. The van der Waals surface area contributed by atoms with E-state index in [1.165, 1.54) is 16.8 Å². The first-order chi connectivity index (χ1) is 15.8. The Morgan fingerprint density at radius 2 is 1.94 bits per heavy atom. The number of nitrogens with zero attached hydrogens (tertiary/aromatic N) is 3. The second kappa shape index (κ2) is 10.9. The highest BCUT2D eigenvalue weighted by molar-refractivity contribution is 8.00. The molecule has 0 aliphatic heterocycles. The lowest BCUT2D eigenvalue weighted by Gasteiger charge is -2.09. The van der Waals surface area contributed by atoms with Crippen molar-refractivity contribution in [3.05, 3.63) is 82.2 Å². The number of hydrogen-bond acceptors (Lipinski definition) is 7. The van der Waals surface area contributed by atoms with E-state index in [9.17, 15) is 24.5 Å². The molecule has 0 radical (unpaired) electrons. The summed E-state index contributed by atoms with van der Waals surface area (Å²) in [5.41, 5.74) is 6.24. The maximum atomic E-state index is 12.2. The summed E-state index contributed by atoms with van der Waals surface area (Å²) in [6.45, 7) is 0.294. The summed E-state index contributed by atoms with van der Waals surface area (Å²) in [6, 6.07) is 12.6. The van der Waals surface area contributed by atoms with Gasteiger partial charge in [0.15, 0.2) is 0 Å². The van der Waals surface area contributed by atoms with E-state index < -0.39 is 10.8 Å². The van der Waals surface area contributed by atoms with E-state index in [1.807, 2.05) is 0 Å². The van der Waals surface area contributed by atoms with Gasteiger partial charge in [-0.05, 0) is 35.9 Å². The van der Waals surface area contributed by atoms with E-state index in [-0.39, 0.29) is 46.8 Å². The van der Waals surface area contributed by atoms with Crippen molar-refractivity contribution in [2.45, 2.75) is 18.0 Å². The van der Waals surface area contributed by atoms with Crippen LogP contribution in [-0.4, -0.2) is 38.2 Å². The Hall–Kier alpha value is -4.19. The largest absolute Gasteiger partial charge is 0.366 e. The van der Waals surface area contributed by atoms with E-state index in [2.05, 4.69) is 15.7 Å². The van der Waals surface area contributed by atoms with E-state index in [4.69, 9.17) is 5.73 Å². The van der Waals surface area contributed by atoms with Crippen molar-refractivity contribution >= 4 is 40.9 Å². The minimum Gasteiger partial charge on any atom is -0.366 e. The molecule has 3 amide bonds. The molecule has 3 rings (SSSR count). The molecule has 0 bridgehead atoms. The van der Waals surface area contributed by atoms with Crippen LogP contribution in [0.5, 0.6) is 0 Å². The van der Waals surface area contributed by atoms with Gasteiger partial charge in [-0.2, -0.15) is 5.10 Å². The third-order valence-corrected chi connectivity index (χ3v) is 5.43. The molecule has 12 heteroatoms. The average Bonchev–Trinajstić information content (AvgIpc) is 3.29. The number of nitrogens with one attached hydrogen (secondary N) is 2. The summed E-state index contributed by atoms with van der Waals surface area (Å²) in [5.74, 6) is -1.40. The fraction of sp³-hybridized carbons (Fsp3) is 0.143. The zero-order chi connectivity index (χ0) is 23.8. The van der Waals surface area contributed by atoms with Gasteiger partial charge in [-0.3, -0.25) is 29.2 Å². The normalized spacial score (nSPS) is 10.4. The smallest absolute Gasteiger partial charge is 0.283 e. The molecule has 0 unspecified atom stereocenters. The summed E-state index contributed by atoms with van der Waals surface area (Å²) in [7, 11) is 0. The highest BCUT2D eigenvalue weighted by atomic mass is 32.2. The predicted octanol–water partition coefficient (Wildman–Crippen LogP) is 1.94. The van der Waals surface area contributed by atoms with Gasteiger partial charge in [0.25, 0.3) is 5.69 Å². The standard InChI is InChI=1S/C21H20N6O5S/c22-21(30)15-5-6-18(17(10-15)27(31)32)33-13-20(29)23-11-14-3-1-4-16(9-14)25-19(28)12-26-8-2-7-24-26/h1-10H,11-13H2,(H2,22,30)(H,23,29)(H,25,28). The summed E-state index contributed by atoms with van der Waals surface area (Å²) >= 11 is 0.981. The van der Waals surface area contributed by atoms with Crippen LogP contribution in [0.15, 0.2) is 65.8 Å². The molecular weight excluding hydrogens is 448 g/mol. The predicted molar refractivity (Wildman–Crippen MR) is 121 cm³/mol. The van der Waals surface area contributed by atoms with Crippen molar-refractivity contribution in [3.63, 3.8) is 0 Å². The SMILES string of the molecule is NC(=O)c1ccc(SCC(=O)NCc2cccc(NC(=O)Cn3cccn3)c2)c([N+](=O)[O-])c1. The molecule has 0 aliphatic carbocycles. The number of thioether (sulfide) groups is 1. The summed E-state index contributed by atoms with van der Waals surface area (Å²) in [5, 5.41) is 20.7. The van der Waals surface area contributed by atoms with E-state index in [1.54, 1.807) is 42.7 Å². The molecule has 1 heterocycles. The first kappa shape index (κ1) is 23.5. The average molecular weight is 468 g/mol. The van der Waals surface area contributed by atoms with E-state index in [0.717, 1.165) is 23.4 Å². The zero-order valence-corrected chi connectivity index (χ0v) is 18.1. The number of hydrogen-bond donors (Lipinski definition) is 3. The number of nitro benzene ring substituents is 1. The number of nitrogens with two attached hydrogens (primary N) is 1. The van der Waals surface area contributed by atoms with Crippen LogP contribution >= 0.6 is 11.8 Å². The Kier molecular flexibility index (Phi) is 7.76. The number of benzene rings is 2. The lowest BCUT2D eigenvalue weighted by molar-refractivity contribution is -0.387. The highest BCUT2D eigenvalue weighted by Crippen LogP contribution is 2.30. The molecule has 0 fully saturated rings. The molecule has 3 aromatic rings. The zero-order valence-electron chi connectivity index (χ0n) is 17.3. The van der Waals surface area contributed by atoms with Crippen LogP contribution in [-0.2, 0) is 22.7 Å². The molecule has 0 atom stereocenters. The molecule has 0 saturated heterocycles. The molecule has 11 nitrogen and oxygen atoms in total. The van der Waals surface area contributed by atoms with Gasteiger partial charge < -0.3 is 16.4 Å². The Morgan fingerprint density at radius 1 is 1.12 bits per heavy atom. The van der Waals surface area contributed by atoms with Crippen molar-refractivity contribution < 1.29 is 19.3 Å². The van der Waals surface area contributed by atoms with Crippen molar-refractivity contribution in [2.24, 2.45) is 5.73 Å². The third kappa shape index (κ3) is 6.90. The van der Waals surface area contributed by atoms with Gasteiger partial charge in [0.1, 0.15) is 6.54 Å². The fourth-order valence-electron chi connectivity index (χ4n) is 2.83. The molecule has 4 N–H and O–H groups in total. The lowest BCUT2D eigenvalue weighted by atomic mass is 10.2. The van der Waals surface area contributed by atoms with Crippen LogP contribution < -0.4 is 16.4 Å². The number of nitro groups is 1. The fourth-order valence-corrected chi connectivity index (χ4v) is 3.67. The van der Waals surface area contributed by atoms with Crippen LogP contribution in [0.3, 0.4) is 0 Å². The van der Waals surface area contributed by atoms with Gasteiger partial charge in [-0.15, -0.1) is 11.8 Å². The molecule has 2 aromatic carbocycles.